The van der Waals surface area contributed by atoms with Crippen molar-refractivity contribution in [2.75, 3.05) is 0 Å². The molecule has 0 radical (unpaired) electrons. The number of hydrogen-bond donors (Lipinski definition) is 1. The van der Waals surface area contributed by atoms with Crippen LogP contribution in [0.25, 0.3) is 0 Å². The Balaban J connectivity index is 1.77. The van der Waals surface area contributed by atoms with Gasteiger partial charge in [0.15, 0.2) is 0 Å². The molecule has 0 amide bonds. The Morgan fingerprint density at radius 3 is 2.53 bits per heavy atom. The van der Waals surface area contributed by atoms with Crippen LogP contribution in [0.5, 0.6) is 0 Å². The van der Waals surface area contributed by atoms with Gasteiger partial charge in [0.25, 0.3) is 0 Å². The second kappa shape index (κ2) is 5.51. The third kappa shape index (κ3) is 2.93. The molecule has 1 saturated carbocycles. The van der Waals surface area contributed by atoms with E-state index in [9.17, 15) is 0 Å². The number of halogens is 1. The molecule has 2 atom stereocenters. The first-order valence-corrected chi connectivity index (χ1v) is 7.59. The second-order valence-corrected chi connectivity index (χ2v) is 6.10. The van der Waals surface area contributed by atoms with E-state index in [1.54, 1.807) is 6.26 Å². The Bertz CT molecular complexity index is 533. The molecule has 1 aromatic carbocycles. The molecule has 3 heteroatoms. The van der Waals surface area contributed by atoms with Gasteiger partial charge in [-0.1, -0.05) is 30.3 Å². The molecule has 0 aliphatic heterocycles. The highest BCUT2D eigenvalue weighted by atomic mass is 79.9. The lowest BCUT2D eigenvalue weighted by Gasteiger charge is -2.23. The zero-order chi connectivity index (χ0) is 13.2. The maximum Gasteiger partial charge on any atom is 0.134 e. The summed E-state index contributed by atoms with van der Waals surface area (Å²) in [5.74, 6) is 1.74. The minimum Gasteiger partial charge on any atom is -0.466 e. The first-order chi connectivity index (χ1) is 9.25. The minimum absolute atomic E-state index is 0.204. The van der Waals surface area contributed by atoms with Gasteiger partial charge in [0.05, 0.1) is 16.8 Å². The lowest BCUT2D eigenvalue weighted by Crippen LogP contribution is -2.26. The standard InChI is InChI=1S/C16H18BrNO/c1-11(16-14(17)9-10-19-16)18-15(13-7-8-13)12-5-3-2-4-6-12/h2-6,9-11,13,15,18H,7-8H2,1H3/t11-,15+/m1/s1. The third-order valence-electron chi connectivity index (χ3n) is 3.72. The van der Waals surface area contributed by atoms with E-state index in [4.69, 9.17) is 4.42 Å². The van der Waals surface area contributed by atoms with Crippen LogP contribution in [0.2, 0.25) is 0 Å². The van der Waals surface area contributed by atoms with Crippen molar-refractivity contribution in [2.45, 2.75) is 31.8 Å². The van der Waals surface area contributed by atoms with Gasteiger partial charge < -0.3 is 9.73 Å². The molecule has 100 valence electrons. The van der Waals surface area contributed by atoms with Gasteiger partial charge in [-0.25, -0.2) is 0 Å². The van der Waals surface area contributed by atoms with Crippen molar-refractivity contribution < 1.29 is 4.42 Å². The molecule has 1 aromatic heterocycles. The molecule has 0 saturated heterocycles. The van der Waals surface area contributed by atoms with Crippen LogP contribution >= 0.6 is 15.9 Å². The van der Waals surface area contributed by atoms with Crippen molar-refractivity contribution in [1.29, 1.82) is 0 Å². The number of hydrogen-bond acceptors (Lipinski definition) is 2. The maximum atomic E-state index is 5.55. The van der Waals surface area contributed by atoms with Crippen molar-refractivity contribution in [3.63, 3.8) is 0 Å². The Hall–Kier alpha value is -1.06. The molecule has 19 heavy (non-hydrogen) atoms. The van der Waals surface area contributed by atoms with Crippen molar-refractivity contribution >= 4 is 15.9 Å². The number of benzene rings is 1. The number of nitrogens with one attached hydrogen (secondary N) is 1. The van der Waals surface area contributed by atoms with Gasteiger partial charge in [-0.3, -0.25) is 0 Å². The van der Waals surface area contributed by atoms with Crippen molar-refractivity contribution in [1.82, 2.24) is 5.32 Å². The topological polar surface area (TPSA) is 25.2 Å². The van der Waals surface area contributed by atoms with Gasteiger partial charge in [-0.15, -0.1) is 0 Å². The summed E-state index contributed by atoms with van der Waals surface area (Å²) in [6.07, 6.45) is 4.36. The van der Waals surface area contributed by atoms with Gasteiger partial charge in [0.1, 0.15) is 5.76 Å². The monoisotopic (exact) mass is 319 g/mol. The fraction of sp³-hybridized carbons (Fsp3) is 0.375. The molecule has 0 unspecified atom stereocenters. The quantitative estimate of drug-likeness (QED) is 0.852. The summed E-state index contributed by atoms with van der Waals surface area (Å²) in [7, 11) is 0. The summed E-state index contributed by atoms with van der Waals surface area (Å²) >= 11 is 3.53. The molecule has 1 aliphatic rings. The van der Waals surface area contributed by atoms with Crippen molar-refractivity contribution in [3.8, 4) is 0 Å². The van der Waals surface area contributed by atoms with E-state index in [0.717, 1.165) is 16.2 Å². The van der Waals surface area contributed by atoms with Gasteiger partial charge in [-0.05, 0) is 53.2 Å². The molecule has 1 aliphatic carbocycles. The lowest BCUT2D eigenvalue weighted by molar-refractivity contribution is 0.370. The second-order valence-electron chi connectivity index (χ2n) is 5.25. The summed E-state index contributed by atoms with van der Waals surface area (Å²) in [6.45, 7) is 2.15. The largest absolute Gasteiger partial charge is 0.466 e. The first kappa shape index (κ1) is 12.9. The highest BCUT2D eigenvalue weighted by Crippen LogP contribution is 2.42. The fourth-order valence-electron chi connectivity index (χ4n) is 2.55. The fourth-order valence-corrected chi connectivity index (χ4v) is 3.10. The summed E-state index contributed by atoms with van der Waals surface area (Å²) in [5, 5.41) is 3.71. The van der Waals surface area contributed by atoms with Gasteiger partial charge >= 0.3 is 0 Å². The van der Waals surface area contributed by atoms with E-state index in [1.807, 2.05) is 6.07 Å². The summed E-state index contributed by atoms with van der Waals surface area (Å²) in [4.78, 5) is 0. The zero-order valence-electron chi connectivity index (χ0n) is 11.0. The SMILES string of the molecule is C[C@@H](N[C@@H](c1ccccc1)C1CC1)c1occc1Br. The molecule has 1 N–H and O–H groups in total. The third-order valence-corrected chi connectivity index (χ3v) is 4.37. The van der Waals surface area contributed by atoms with Gasteiger partial charge in [0.2, 0.25) is 0 Å². The van der Waals surface area contributed by atoms with E-state index in [-0.39, 0.29) is 6.04 Å². The van der Waals surface area contributed by atoms with Crippen LogP contribution in [0.15, 0.2) is 51.6 Å². The highest BCUT2D eigenvalue weighted by Gasteiger charge is 2.33. The van der Waals surface area contributed by atoms with Gasteiger partial charge in [-0.2, -0.15) is 0 Å². The van der Waals surface area contributed by atoms with E-state index in [1.165, 1.54) is 18.4 Å². The smallest absolute Gasteiger partial charge is 0.134 e. The van der Waals surface area contributed by atoms with Crippen molar-refractivity contribution in [2.24, 2.45) is 5.92 Å². The Morgan fingerprint density at radius 2 is 1.95 bits per heavy atom. The van der Waals surface area contributed by atoms with Crippen LogP contribution in [0.3, 0.4) is 0 Å². The molecular weight excluding hydrogens is 302 g/mol. The summed E-state index contributed by atoms with van der Waals surface area (Å²) in [6, 6.07) is 13.3. The van der Waals surface area contributed by atoms with Crippen molar-refractivity contribution in [3.05, 3.63) is 58.5 Å². The number of furan rings is 1. The van der Waals surface area contributed by atoms with Crippen LogP contribution in [-0.4, -0.2) is 0 Å². The number of rotatable bonds is 5. The molecule has 1 fully saturated rings. The predicted molar refractivity (Wildman–Crippen MR) is 79.9 cm³/mol. The van der Waals surface area contributed by atoms with Crippen LogP contribution in [0.1, 0.15) is 43.2 Å². The van der Waals surface area contributed by atoms with E-state index >= 15 is 0 Å². The molecule has 0 spiro atoms. The molecule has 2 aromatic rings. The summed E-state index contributed by atoms with van der Waals surface area (Å²) < 4.78 is 6.59. The molecule has 3 rings (SSSR count). The normalized spacial score (nSPS) is 18.2. The molecule has 2 nitrogen and oxygen atoms in total. The van der Waals surface area contributed by atoms with E-state index in [2.05, 4.69) is 58.5 Å². The van der Waals surface area contributed by atoms with Crippen LogP contribution < -0.4 is 5.32 Å². The summed E-state index contributed by atoms with van der Waals surface area (Å²) in [5.41, 5.74) is 1.37. The molecule has 1 heterocycles. The average molecular weight is 320 g/mol. The predicted octanol–water partition coefficient (Wildman–Crippen LogP) is 4.84. The zero-order valence-corrected chi connectivity index (χ0v) is 12.6. The van der Waals surface area contributed by atoms with Crippen LogP contribution in [0, 0.1) is 5.92 Å². The Kier molecular flexibility index (Phi) is 3.76. The van der Waals surface area contributed by atoms with Crippen LogP contribution in [0.4, 0.5) is 0 Å². The highest BCUT2D eigenvalue weighted by molar-refractivity contribution is 9.10. The maximum absolute atomic E-state index is 5.55. The lowest BCUT2D eigenvalue weighted by atomic mass is 10.0. The molecular formula is C16H18BrNO. The van der Waals surface area contributed by atoms with E-state index < -0.39 is 0 Å². The van der Waals surface area contributed by atoms with Gasteiger partial charge in [0, 0.05) is 6.04 Å². The van der Waals surface area contributed by atoms with Crippen LogP contribution in [-0.2, 0) is 0 Å². The average Bonchev–Trinajstić information content (AvgIpc) is 3.18. The Morgan fingerprint density at radius 1 is 1.21 bits per heavy atom. The minimum atomic E-state index is 0.204. The first-order valence-electron chi connectivity index (χ1n) is 6.79. The Labute approximate surface area is 122 Å². The molecule has 0 bridgehead atoms. The van der Waals surface area contributed by atoms with E-state index in [0.29, 0.717) is 6.04 Å².